The Bertz CT molecular complexity index is 381. The Balaban J connectivity index is 2.35. The molecule has 0 saturated carbocycles. The Kier molecular flexibility index (Phi) is 7.33. The van der Waals surface area contributed by atoms with Gasteiger partial charge in [0.15, 0.2) is 0 Å². The molecule has 19 heavy (non-hydrogen) atoms. The predicted molar refractivity (Wildman–Crippen MR) is 79.1 cm³/mol. The second-order valence-electron chi connectivity index (χ2n) is 4.08. The maximum absolute atomic E-state index is 11.3. The van der Waals surface area contributed by atoms with E-state index in [0.717, 1.165) is 11.5 Å². The molecule has 1 aromatic rings. The van der Waals surface area contributed by atoms with E-state index < -0.39 is 0 Å². The van der Waals surface area contributed by atoms with Crippen LogP contribution in [0.25, 0.3) is 0 Å². The summed E-state index contributed by atoms with van der Waals surface area (Å²) in [5, 5.41) is 3.49. The van der Waals surface area contributed by atoms with E-state index in [1.165, 1.54) is 0 Å². The maximum atomic E-state index is 11.3. The number of hydrogen-bond acceptors (Lipinski definition) is 3. The summed E-state index contributed by atoms with van der Waals surface area (Å²) >= 11 is 3.23. The van der Waals surface area contributed by atoms with E-state index >= 15 is 0 Å². The lowest BCUT2D eigenvalue weighted by Crippen LogP contribution is -2.33. The average Bonchev–Trinajstić information content (AvgIpc) is 2.39. The Morgan fingerprint density at radius 3 is 2.53 bits per heavy atom. The molecule has 1 unspecified atom stereocenters. The lowest BCUT2D eigenvalue weighted by Gasteiger charge is -2.15. The van der Waals surface area contributed by atoms with E-state index in [1.807, 2.05) is 38.1 Å². The van der Waals surface area contributed by atoms with Crippen LogP contribution in [0, 0.1) is 0 Å². The van der Waals surface area contributed by atoms with Crippen molar-refractivity contribution in [1.82, 2.24) is 5.32 Å². The zero-order valence-corrected chi connectivity index (χ0v) is 12.9. The van der Waals surface area contributed by atoms with Gasteiger partial charge in [-0.05, 0) is 38.1 Å². The first-order chi connectivity index (χ1) is 9.15. The van der Waals surface area contributed by atoms with Gasteiger partial charge in [0.1, 0.15) is 17.6 Å². The van der Waals surface area contributed by atoms with Gasteiger partial charge in [0.05, 0.1) is 13.2 Å². The Morgan fingerprint density at radius 2 is 1.95 bits per heavy atom. The number of hydrogen-bond donors (Lipinski definition) is 1. The Hall–Kier alpha value is -1.23. The third-order valence-corrected chi connectivity index (χ3v) is 2.78. The molecule has 1 rings (SSSR count). The normalized spacial score (nSPS) is 11.7. The van der Waals surface area contributed by atoms with E-state index in [-0.39, 0.29) is 12.0 Å². The second-order valence-corrected chi connectivity index (χ2v) is 4.87. The molecule has 1 aromatic carbocycles. The fraction of sp³-hybridized carbons (Fsp3) is 0.500. The summed E-state index contributed by atoms with van der Waals surface area (Å²) in [4.78, 5) is 11.3. The molecule has 0 aliphatic carbocycles. The molecule has 0 radical (unpaired) electrons. The van der Waals surface area contributed by atoms with Gasteiger partial charge in [0.25, 0.3) is 0 Å². The van der Waals surface area contributed by atoms with E-state index in [9.17, 15) is 4.79 Å². The quantitative estimate of drug-likeness (QED) is 0.746. The number of carbonyl (C=O) groups excluding carboxylic acids is 1. The SMILES string of the molecule is CCOc1ccc(OC(C)CNC(=O)CCBr)cc1. The van der Waals surface area contributed by atoms with Gasteiger partial charge >= 0.3 is 0 Å². The van der Waals surface area contributed by atoms with Crippen molar-refractivity contribution in [2.75, 3.05) is 18.5 Å². The minimum atomic E-state index is -0.0720. The predicted octanol–water partition coefficient (Wildman–Crippen LogP) is 2.75. The van der Waals surface area contributed by atoms with E-state index in [0.29, 0.717) is 24.9 Å². The van der Waals surface area contributed by atoms with Crippen LogP contribution in [0.4, 0.5) is 0 Å². The van der Waals surface area contributed by atoms with Crippen molar-refractivity contribution in [3.05, 3.63) is 24.3 Å². The van der Waals surface area contributed by atoms with Gasteiger partial charge in [0.2, 0.25) is 5.91 Å². The fourth-order valence-corrected chi connectivity index (χ4v) is 1.85. The Morgan fingerprint density at radius 1 is 1.32 bits per heavy atom. The van der Waals surface area contributed by atoms with Crippen molar-refractivity contribution in [1.29, 1.82) is 0 Å². The van der Waals surface area contributed by atoms with Crippen molar-refractivity contribution in [2.45, 2.75) is 26.4 Å². The molecule has 1 amide bonds. The fourth-order valence-electron chi connectivity index (χ4n) is 1.49. The molecule has 0 fully saturated rings. The van der Waals surface area contributed by atoms with Gasteiger partial charge in [-0.1, -0.05) is 15.9 Å². The lowest BCUT2D eigenvalue weighted by atomic mass is 10.3. The molecule has 1 atom stereocenters. The molecule has 0 spiro atoms. The highest BCUT2D eigenvalue weighted by molar-refractivity contribution is 9.09. The molecule has 0 aliphatic heterocycles. The highest BCUT2D eigenvalue weighted by Gasteiger charge is 2.06. The number of carbonyl (C=O) groups is 1. The molecule has 5 heteroatoms. The molecule has 0 heterocycles. The molecule has 0 aliphatic rings. The van der Waals surface area contributed by atoms with Gasteiger partial charge in [-0.15, -0.1) is 0 Å². The van der Waals surface area contributed by atoms with Crippen LogP contribution in [0.1, 0.15) is 20.3 Å². The molecule has 0 bridgehead atoms. The van der Waals surface area contributed by atoms with Crippen LogP contribution in [0.2, 0.25) is 0 Å². The lowest BCUT2D eigenvalue weighted by molar-refractivity contribution is -0.121. The van der Waals surface area contributed by atoms with Crippen LogP contribution in [0.15, 0.2) is 24.3 Å². The average molecular weight is 330 g/mol. The van der Waals surface area contributed by atoms with Gasteiger partial charge in [-0.2, -0.15) is 0 Å². The number of alkyl halides is 1. The largest absolute Gasteiger partial charge is 0.494 e. The van der Waals surface area contributed by atoms with Gasteiger partial charge in [-0.3, -0.25) is 4.79 Å². The number of halogens is 1. The van der Waals surface area contributed by atoms with Crippen molar-refractivity contribution in [3.8, 4) is 11.5 Å². The number of amides is 1. The first-order valence-electron chi connectivity index (χ1n) is 6.38. The highest BCUT2D eigenvalue weighted by atomic mass is 79.9. The van der Waals surface area contributed by atoms with E-state index in [4.69, 9.17) is 9.47 Å². The van der Waals surface area contributed by atoms with Crippen LogP contribution in [-0.2, 0) is 4.79 Å². The van der Waals surface area contributed by atoms with Crippen LogP contribution in [0.5, 0.6) is 11.5 Å². The second kappa shape index (κ2) is 8.80. The molecule has 0 aromatic heterocycles. The maximum Gasteiger partial charge on any atom is 0.220 e. The standard InChI is InChI=1S/C14H20BrNO3/c1-3-18-12-4-6-13(7-5-12)19-11(2)10-16-14(17)8-9-15/h4-7,11H,3,8-10H2,1-2H3,(H,16,17). The molecule has 0 saturated heterocycles. The summed E-state index contributed by atoms with van der Waals surface area (Å²) in [7, 11) is 0. The third-order valence-electron chi connectivity index (χ3n) is 2.38. The summed E-state index contributed by atoms with van der Waals surface area (Å²) in [5.41, 5.74) is 0. The summed E-state index contributed by atoms with van der Waals surface area (Å²) in [5.74, 6) is 1.62. The Labute approximate surface area is 122 Å². The monoisotopic (exact) mass is 329 g/mol. The summed E-state index contributed by atoms with van der Waals surface area (Å²) in [6.07, 6.45) is 0.410. The molecular weight excluding hydrogens is 310 g/mol. The van der Waals surface area contributed by atoms with Crippen molar-refractivity contribution >= 4 is 21.8 Å². The smallest absolute Gasteiger partial charge is 0.220 e. The molecule has 106 valence electrons. The minimum Gasteiger partial charge on any atom is -0.494 e. The first kappa shape index (κ1) is 15.8. The van der Waals surface area contributed by atoms with Crippen molar-refractivity contribution < 1.29 is 14.3 Å². The number of rotatable bonds is 8. The third kappa shape index (κ3) is 6.47. The number of nitrogens with one attached hydrogen (secondary N) is 1. The van der Waals surface area contributed by atoms with E-state index in [1.54, 1.807) is 0 Å². The minimum absolute atomic E-state index is 0.0269. The zero-order chi connectivity index (χ0) is 14.1. The summed E-state index contributed by atoms with van der Waals surface area (Å²) < 4.78 is 11.0. The number of ether oxygens (including phenoxy) is 2. The summed E-state index contributed by atoms with van der Waals surface area (Å²) in [6, 6.07) is 7.47. The molecule has 1 N–H and O–H groups in total. The van der Waals surface area contributed by atoms with Gasteiger partial charge < -0.3 is 14.8 Å². The van der Waals surface area contributed by atoms with Gasteiger partial charge in [-0.25, -0.2) is 0 Å². The van der Waals surface area contributed by atoms with Crippen LogP contribution < -0.4 is 14.8 Å². The summed E-state index contributed by atoms with van der Waals surface area (Å²) in [6.45, 7) is 5.02. The number of benzene rings is 1. The van der Waals surface area contributed by atoms with Crippen LogP contribution in [-0.4, -0.2) is 30.5 Å². The van der Waals surface area contributed by atoms with Crippen molar-refractivity contribution in [3.63, 3.8) is 0 Å². The molecule has 4 nitrogen and oxygen atoms in total. The van der Waals surface area contributed by atoms with Crippen molar-refractivity contribution in [2.24, 2.45) is 0 Å². The molecular formula is C14H20BrNO3. The topological polar surface area (TPSA) is 47.6 Å². The highest BCUT2D eigenvalue weighted by Crippen LogP contribution is 2.18. The van der Waals surface area contributed by atoms with Crippen LogP contribution >= 0.6 is 15.9 Å². The van der Waals surface area contributed by atoms with Crippen LogP contribution in [0.3, 0.4) is 0 Å². The zero-order valence-electron chi connectivity index (χ0n) is 11.3. The van der Waals surface area contributed by atoms with Gasteiger partial charge in [0, 0.05) is 11.8 Å². The first-order valence-corrected chi connectivity index (χ1v) is 7.50. The van der Waals surface area contributed by atoms with E-state index in [2.05, 4.69) is 21.2 Å².